The van der Waals surface area contributed by atoms with Gasteiger partial charge in [0.05, 0.1) is 16.6 Å². The molecule has 35 heavy (non-hydrogen) atoms. The van der Waals surface area contributed by atoms with E-state index in [4.69, 9.17) is 9.39 Å². The molecule has 1 aliphatic rings. The van der Waals surface area contributed by atoms with Gasteiger partial charge in [0.1, 0.15) is 11.5 Å². The summed E-state index contributed by atoms with van der Waals surface area (Å²) < 4.78 is 12.7. The van der Waals surface area contributed by atoms with Crippen LogP contribution in [0.25, 0.3) is 0 Å². The molecule has 3 nitrogen and oxygen atoms in total. The summed E-state index contributed by atoms with van der Waals surface area (Å²) in [6.07, 6.45) is 0. The highest BCUT2D eigenvalue weighted by Gasteiger charge is 2.46. The Bertz CT molecular complexity index is 1280. The van der Waals surface area contributed by atoms with Crippen LogP contribution in [0.5, 0.6) is 11.5 Å². The van der Waals surface area contributed by atoms with E-state index in [0.717, 1.165) is 39.2 Å². The van der Waals surface area contributed by atoms with Crippen molar-refractivity contribution in [2.24, 2.45) is 0 Å². The van der Waals surface area contributed by atoms with E-state index in [-0.39, 0.29) is 0 Å². The number of hydrogen-bond donors (Lipinski definition) is 1. The summed E-state index contributed by atoms with van der Waals surface area (Å²) in [6.45, 7) is 7.27. The first-order valence-electron chi connectivity index (χ1n) is 12.0. The topological polar surface area (TPSA) is 38.7 Å². The van der Waals surface area contributed by atoms with Gasteiger partial charge in [-0.1, -0.05) is 97.1 Å². The molecule has 0 bridgehead atoms. The van der Waals surface area contributed by atoms with Gasteiger partial charge in [-0.2, -0.15) is 0 Å². The smallest absolute Gasteiger partial charge is 0.334 e. The lowest BCUT2D eigenvalue weighted by Crippen LogP contribution is -2.49. The zero-order valence-corrected chi connectivity index (χ0v) is 20.7. The van der Waals surface area contributed by atoms with Gasteiger partial charge in [0.25, 0.3) is 0 Å². The second-order valence-corrected chi connectivity index (χ2v) is 10.1. The molecule has 0 saturated carbocycles. The molecule has 4 heteroatoms. The van der Waals surface area contributed by atoms with E-state index in [0.29, 0.717) is 0 Å². The Morgan fingerprint density at radius 1 is 0.686 bits per heavy atom. The van der Waals surface area contributed by atoms with E-state index in [1.165, 1.54) is 0 Å². The van der Waals surface area contributed by atoms with E-state index in [2.05, 4.69) is 66.7 Å². The summed E-state index contributed by atoms with van der Waals surface area (Å²) in [5.41, 5.74) is 2.91. The number of para-hydroxylation sites is 2. The molecule has 0 unspecified atom stereocenters. The fourth-order valence-electron chi connectivity index (χ4n) is 4.70. The molecule has 1 aliphatic heterocycles. The highest BCUT2D eigenvalue weighted by molar-refractivity contribution is 6.48. The van der Waals surface area contributed by atoms with Gasteiger partial charge in [-0.15, -0.1) is 0 Å². The van der Waals surface area contributed by atoms with Crippen molar-refractivity contribution in [1.82, 2.24) is 0 Å². The lowest BCUT2D eigenvalue weighted by Gasteiger charge is -2.42. The molecule has 0 atom stereocenters. The van der Waals surface area contributed by atoms with Crippen molar-refractivity contribution in [2.45, 2.75) is 44.3 Å². The Balaban J connectivity index is 1.76. The zero-order chi connectivity index (χ0) is 24.7. The van der Waals surface area contributed by atoms with Crippen molar-refractivity contribution in [3.8, 4) is 11.5 Å². The third-order valence-electron chi connectivity index (χ3n) is 7.32. The van der Waals surface area contributed by atoms with Crippen molar-refractivity contribution in [3.63, 3.8) is 0 Å². The minimum absolute atomic E-state index is 0.567. The third kappa shape index (κ3) is 3.87. The van der Waals surface area contributed by atoms with Crippen LogP contribution >= 0.6 is 0 Å². The molecule has 0 fully saturated rings. The van der Waals surface area contributed by atoms with Gasteiger partial charge in [0.2, 0.25) is 0 Å². The first-order valence-corrected chi connectivity index (χ1v) is 12.0. The van der Waals surface area contributed by atoms with Gasteiger partial charge >= 0.3 is 7.48 Å². The summed E-state index contributed by atoms with van der Waals surface area (Å²) >= 11 is 0. The van der Waals surface area contributed by atoms with Crippen LogP contribution in [0.1, 0.15) is 49.9 Å². The minimum Gasteiger partial charge on any atom is -0.457 e. The molecule has 4 aromatic rings. The first kappa shape index (κ1) is 23.4. The van der Waals surface area contributed by atoms with Crippen LogP contribution < -0.4 is 10.2 Å². The number of fused-ring (bicyclic) bond motifs is 2. The van der Waals surface area contributed by atoms with Gasteiger partial charge in [-0.25, -0.2) is 0 Å². The minimum atomic E-state index is -1.02. The Labute approximate surface area is 208 Å². The molecule has 0 spiro atoms. The Kier molecular flexibility index (Phi) is 5.82. The van der Waals surface area contributed by atoms with E-state index in [9.17, 15) is 5.11 Å². The monoisotopic (exact) mass is 461 g/mol. The number of hydrogen-bond acceptors (Lipinski definition) is 3. The second kappa shape index (κ2) is 8.71. The van der Waals surface area contributed by atoms with E-state index >= 15 is 0 Å². The lowest BCUT2D eigenvalue weighted by atomic mass is 9.62. The predicted octanol–water partition coefficient (Wildman–Crippen LogP) is 5.99. The number of aliphatic hydroxyl groups is 1. The molecule has 1 heterocycles. The van der Waals surface area contributed by atoms with E-state index in [1.807, 2.05) is 50.2 Å². The number of benzene rings is 4. The van der Waals surface area contributed by atoms with Crippen LogP contribution in [0.15, 0.2) is 103 Å². The van der Waals surface area contributed by atoms with Gasteiger partial charge in [-0.3, -0.25) is 0 Å². The van der Waals surface area contributed by atoms with Crippen LogP contribution in [0.4, 0.5) is 0 Å². The molecule has 175 valence electrons. The normalized spacial score (nSPS) is 14.4. The third-order valence-corrected chi connectivity index (χ3v) is 7.32. The fraction of sp³-hybridized carbons (Fsp3) is 0.226. The Morgan fingerprint density at radius 3 is 1.83 bits per heavy atom. The summed E-state index contributed by atoms with van der Waals surface area (Å²) in [5.74, 6) is 1.57. The fourth-order valence-corrected chi connectivity index (χ4v) is 4.70. The largest absolute Gasteiger partial charge is 0.457 e. The van der Waals surface area contributed by atoms with Crippen molar-refractivity contribution < 1.29 is 14.5 Å². The zero-order valence-electron chi connectivity index (χ0n) is 20.7. The maximum atomic E-state index is 10.6. The van der Waals surface area contributed by atoms with Gasteiger partial charge < -0.3 is 14.5 Å². The van der Waals surface area contributed by atoms with Crippen molar-refractivity contribution >= 4 is 12.9 Å². The molecule has 4 aromatic carbocycles. The average molecular weight is 461 g/mol. The van der Waals surface area contributed by atoms with E-state index in [1.54, 1.807) is 21.3 Å². The highest BCUT2D eigenvalue weighted by atomic mass is 16.5. The first-order chi connectivity index (χ1) is 16.7. The Morgan fingerprint density at radius 2 is 1.23 bits per heavy atom. The van der Waals surface area contributed by atoms with Crippen molar-refractivity contribution in [1.29, 1.82) is 0 Å². The number of ether oxygens (including phenoxy) is 1. The Hall–Kier alpha value is -3.34. The summed E-state index contributed by atoms with van der Waals surface area (Å²) in [7, 11) is 1.71. The standard InChI is InChI=1S/C31H30BO3/c1-29(2,33)30(3,4)35-32-26-20-13-19-25-28(26)34-27-21-12-11-18-24(27)31(25,22-14-7-5-8-15-22)23-16-9-6-10-17-23/h5-21,33H,1-4H3. The molecule has 0 aromatic heterocycles. The number of rotatable bonds is 6. The molecular formula is C31H30BO3. The molecule has 1 N–H and O–H groups in total. The molecule has 5 rings (SSSR count). The molecule has 1 radical (unpaired) electrons. The SMILES string of the molecule is CC(C)(O)C(C)(C)O[B]c1cccc2c1Oc1ccccc1C2(c1ccccc1)c1ccccc1. The second-order valence-electron chi connectivity index (χ2n) is 10.1. The summed E-state index contributed by atoms with van der Waals surface area (Å²) in [4.78, 5) is 0. The summed E-state index contributed by atoms with van der Waals surface area (Å²) in [6, 6.07) is 35.6. The van der Waals surface area contributed by atoms with Crippen LogP contribution in [-0.2, 0) is 10.1 Å². The van der Waals surface area contributed by atoms with Crippen LogP contribution in [-0.4, -0.2) is 23.8 Å². The van der Waals surface area contributed by atoms with Crippen LogP contribution in [0.3, 0.4) is 0 Å². The van der Waals surface area contributed by atoms with Gasteiger partial charge in [0, 0.05) is 11.1 Å². The van der Waals surface area contributed by atoms with Crippen molar-refractivity contribution in [3.05, 3.63) is 125 Å². The maximum absolute atomic E-state index is 10.6. The van der Waals surface area contributed by atoms with Gasteiger partial charge in [0.15, 0.2) is 0 Å². The lowest BCUT2D eigenvalue weighted by molar-refractivity contribution is -0.0893. The predicted molar refractivity (Wildman–Crippen MR) is 142 cm³/mol. The van der Waals surface area contributed by atoms with Gasteiger partial charge in [-0.05, 0) is 50.4 Å². The van der Waals surface area contributed by atoms with E-state index < -0.39 is 16.6 Å². The molecule has 0 amide bonds. The summed E-state index contributed by atoms with van der Waals surface area (Å²) in [5, 5.41) is 10.6. The van der Waals surface area contributed by atoms with Crippen molar-refractivity contribution in [2.75, 3.05) is 0 Å². The molecule has 0 saturated heterocycles. The van der Waals surface area contributed by atoms with Crippen LogP contribution in [0, 0.1) is 0 Å². The average Bonchev–Trinajstić information content (AvgIpc) is 2.86. The molecular weight excluding hydrogens is 431 g/mol. The highest BCUT2D eigenvalue weighted by Crippen LogP contribution is 2.54. The molecule has 0 aliphatic carbocycles. The van der Waals surface area contributed by atoms with Crippen LogP contribution in [0.2, 0.25) is 0 Å². The quantitative estimate of drug-likeness (QED) is 0.316. The maximum Gasteiger partial charge on any atom is 0.334 e.